The van der Waals surface area contributed by atoms with Crippen molar-refractivity contribution in [3.8, 4) is 10.6 Å². The molecule has 3 aromatic rings. The number of halogens is 3. The second-order valence-electron chi connectivity index (χ2n) is 7.20. The molecule has 7 nitrogen and oxygen atoms in total. The van der Waals surface area contributed by atoms with Gasteiger partial charge in [0, 0.05) is 7.05 Å². The molecule has 0 radical (unpaired) electrons. The molecule has 2 unspecified atom stereocenters. The van der Waals surface area contributed by atoms with Crippen LogP contribution in [0.15, 0.2) is 24.4 Å². The number of alkyl halides is 1. The molecule has 1 fully saturated rings. The summed E-state index contributed by atoms with van der Waals surface area (Å²) in [6, 6.07) is 3.45. The molecule has 1 aromatic carbocycles. The van der Waals surface area contributed by atoms with Crippen molar-refractivity contribution >= 4 is 27.9 Å². The number of carbonyl (C=O) groups excluding carboxylic acids is 1. The number of carbonyl (C=O) groups is 1. The highest BCUT2D eigenvalue weighted by atomic mass is 32.1. The molecular weight excluding hydrogens is 431 g/mol. The minimum absolute atomic E-state index is 0.0200. The molecule has 1 aliphatic rings. The van der Waals surface area contributed by atoms with Crippen molar-refractivity contribution in [2.75, 3.05) is 17.7 Å². The number of nitrogens with one attached hydrogen (secondary N) is 1. The molecule has 0 spiro atoms. The van der Waals surface area contributed by atoms with Crippen LogP contribution in [-0.2, 0) is 11.8 Å². The van der Waals surface area contributed by atoms with Gasteiger partial charge in [-0.3, -0.25) is 9.48 Å². The Kier molecular flexibility index (Phi) is 5.96. The molecule has 4 rings (SSSR count). The molecule has 0 bridgehead atoms. The van der Waals surface area contributed by atoms with Gasteiger partial charge in [0.05, 0.1) is 29.7 Å². The summed E-state index contributed by atoms with van der Waals surface area (Å²) in [5, 5.41) is 6.84. The normalized spacial score (nSPS) is 19.2. The molecule has 0 aliphatic carbocycles. The topological polar surface area (TPSA) is 95.1 Å². The van der Waals surface area contributed by atoms with E-state index in [4.69, 9.17) is 10.5 Å². The Morgan fingerprint density at radius 2 is 2.06 bits per heavy atom. The van der Waals surface area contributed by atoms with Crippen molar-refractivity contribution in [3.63, 3.8) is 0 Å². The lowest BCUT2D eigenvalue weighted by Gasteiger charge is -2.17. The number of nitrogen functional groups attached to an aromatic ring is 1. The summed E-state index contributed by atoms with van der Waals surface area (Å²) in [5.41, 5.74) is 6.40. The monoisotopic (exact) mass is 451 g/mol. The Labute approximate surface area is 180 Å². The Balaban J connectivity index is 1.60. The molecule has 0 saturated carbocycles. The van der Waals surface area contributed by atoms with Crippen molar-refractivity contribution in [2.45, 2.75) is 31.5 Å². The summed E-state index contributed by atoms with van der Waals surface area (Å²) in [6.07, 6.45) is 1.64. The smallest absolute Gasteiger partial charge is 0.277 e. The Morgan fingerprint density at radius 3 is 2.81 bits per heavy atom. The van der Waals surface area contributed by atoms with Gasteiger partial charge in [0.15, 0.2) is 5.69 Å². The number of nitrogens with zero attached hydrogens (tertiary/aromatic N) is 3. The first-order valence-electron chi connectivity index (χ1n) is 9.64. The molecule has 31 heavy (non-hydrogen) atoms. The minimum atomic E-state index is -1.02. The van der Waals surface area contributed by atoms with E-state index in [-0.39, 0.29) is 27.9 Å². The van der Waals surface area contributed by atoms with Crippen LogP contribution in [0, 0.1) is 11.6 Å². The Hall–Kier alpha value is -2.92. The highest BCUT2D eigenvalue weighted by Gasteiger charge is 2.27. The van der Waals surface area contributed by atoms with Gasteiger partial charge in [0.2, 0.25) is 0 Å². The summed E-state index contributed by atoms with van der Waals surface area (Å²) >= 11 is 0.814. The van der Waals surface area contributed by atoms with Crippen LogP contribution < -0.4 is 11.1 Å². The van der Waals surface area contributed by atoms with E-state index in [1.807, 2.05) is 0 Å². The van der Waals surface area contributed by atoms with Gasteiger partial charge in [-0.25, -0.2) is 18.2 Å². The fourth-order valence-electron chi connectivity index (χ4n) is 3.54. The lowest BCUT2D eigenvalue weighted by atomic mass is 10.1. The van der Waals surface area contributed by atoms with Crippen LogP contribution in [0.2, 0.25) is 0 Å². The summed E-state index contributed by atoms with van der Waals surface area (Å²) in [5.74, 6) is -2.25. The third kappa shape index (κ3) is 4.28. The number of benzene rings is 1. The average molecular weight is 451 g/mol. The van der Waals surface area contributed by atoms with Gasteiger partial charge >= 0.3 is 0 Å². The molecule has 2 atom stereocenters. The van der Waals surface area contributed by atoms with Crippen molar-refractivity contribution in [2.24, 2.45) is 7.05 Å². The zero-order valence-electron chi connectivity index (χ0n) is 16.6. The van der Waals surface area contributed by atoms with E-state index in [2.05, 4.69) is 15.4 Å². The maximum absolute atomic E-state index is 14.1. The summed E-state index contributed by atoms with van der Waals surface area (Å²) in [4.78, 5) is 16.9. The molecule has 3 heterocycles. The lowest BCUT2D eigenvalue weighted by molar-refractivity contribution is 0.0265. The van der Waals surface area contributed by atoms with Crippen molar-refractivity contribution in [1.29, 1.82) is 0 Å². The number of ether oxygens (including phenoxy) is 1. The van der Waals surface area contributed by atoms with Gasteiger partial charge in [-0.1, -0.05) is 17.4 Å². The summed E-state index contributed by atoms with van der Waals surface area (Å²) < 4.78 is 49.0. The van der Waals surface area contributed by atoms with E-state index in [9.17, 15) is 18.0 Å². The van der Waals surface area contributed by atoms with Gasteiger partial charge in [-0.05, 0) is 31.4 Å². The number of hydrogen-bond donors (Lipinski definition) is 2. The molecule has 3 N–H and O–H groups in total. The predicted molar refractivity (Wildman–Crippen MR) is 110 cm³/mol. The summed E-state index contributed by atoms with van der Waals surface area (Å²) in [6.45, 7) is -0.0279. The van der Waals surface area contributed by atoms with Gasteiger partial charge in [-0.2, -0.15) is 5.10 Å². The van der Waals surface area contributed by atoms with Gasteiger partial charge in [0.25, 0.3) is 5.91 Å². The van der Waals surface area contributed by atoms with E-state index in [0.717, 1.165) is 23.5 Å². The van der Waals surface area contributed by atoms with Crippen molar-refractivity contribution in [3.05, 3.63) is 47.4 Å². The van der Waals surface area contributed by atoms with Crippen molar-refractivity contribution < 1.29 is 22.7 Å². The number of nitrogens with two attached hydrogens (primary N) is 1. The average Bonchev–Trinajstić information content (AvgIpc) is 3.19. The Bertz CT molecular complexity index is 1100. The zero-order chi connectivity index (χ0) is 22.1. The fourth-order valence-corrected chi connectivity index (χ4v) is 4.42. The number of aryl methyl sites for hydroxylation is 1. The van der Waals surface area contributed by atoms with E-state index in [1.165, 1.54) is 12.3 Å². The minimum Gasteiger partial charge on any atom is -0.389 e. The number of aromatic nitrogens is 3. The zero-order valence-corrected chi connectivity index (χ0v) is 17.4. The van der Waals surface area contributed by atoms with Gasteiger partial charge in [0.1, 0.15) is 33.9 Å². The van der Waals surface area contributed by atoms with Crippen LogP contribution >= 0.6 is 11.3 Å². The molecule has 2 aromatic heterocycles. The maximum Gasteiger partial charge on any atom is 0.277 e. The standard InChI is InChI=1S/C20H20F3N5O2S/c1-28-17(14-7-2-4-10(21)9-30-14)13(8-25-28)26-19(29)16-18(24)31-20(27-16)15-11(22)5-3-6-12(15)23/h3,5-6,8,10,14H,2,4,7,9,24H2,1H3,(H,26,29). The van der Waals surface area contributed by atoms with Crippen LogP contribution in [0.3, 0.4) is 0 Å². The summed E-state index contributed by atoms with van der Waals surface area (Å²) in [7, 11) is 1.70. The number of hydrogen-bond acceptors (Lipinski definition) is 6. The van der Waals surface area contributed by atoms with E-state index < -0.39 is 29.8 Å². The molecular formula is C20H20F3N5O2S. The first kappa shape index (κ1) is 21.3. The second-order valence-corrected chi connectivity index (χ2v) is 8.23. The maximum atomic E-state index is 14.1. The van der Waals surface area contributed by atoms with Crippen LogP contribution in [0.4, 0.5) is 23.9 Å². The second kappa shape index (κ2) is 8.67. The largest absolute Gasteiger partial charge is 0.389 e. The van der Waals surface area contributed by atoms with E-state index in [1.54, 1.807) is 11.7 Å². The number of amides is 1. The van der Waals surface area contributed by atoms with E-state index in [0.29, 0.717) is 30.6 Å². The molecule has 1 saturated heterocycles. The van der Waals surface area contributed by atoms with Crippen LogP contribution in [0.1, 0.15) is 41.5 Å². The quantitative estimate of drug-likeness (QED) is 0.619. The predicted octanol–water partition coefficient (Wildman–Crippen LogP) is 4.24. The molecule has 1 aliphatic heterocycles. The third-order valence-corrected chi connectivity index (χ3v) is 5.95. The number of rotatable bonds is 4. The van der Waals surface area contributed by atoms with Crippen LogP contribution in [0.5, 0.6) is 0 Å². The number of thiazole rings is 1. The van der Waals surface area contributed by atoms with Gasteiger partial charge in [-0.15, -0.1) is 0 Å². The lowest BCUT2D eigenvalue weighted by Crippen LogP contribution is -2.18. The van der Waals surface area contributed by atoms with Gasteiger partial charge < -0.3 is 15.8 Å². The third-order valence-electron chi connectivity index (χ3n) is 5.04. The van der Waals surface area contributed by atoms with E-state index >= 15 is 0 Å². The SMILES string of the molecule is Cn1ncc(NC(=O)c2nc(-c3c(F)cccc3F)sc2N)c1C1CCCC(F)CO1. The van der Waals surface area contributed by atoms with Crippen LogP contribution in [-0.4, -0.2) is 33.5 Å². The highest BCUT2D eigenvalue weighted by Crippen LogP contribution is 2.35. The van der Waals surface area contributed by atoms with Crippen LogP contribution in [0.25, 0.3) is 10.6 Å². The van der Waals surface area contributed by atoms with Crippen molar-refractivity contribution in [1.82, 2.24) is 14.8 Å². The highest BCUT2D eigenvalue weighted by molar-refractivity contribution is 7.19. The first-order chi connectivity index (χ1) is 14.8. The number of anilines is 2. The fraction of sp³-hybridized carbons (Fsp3) is 0.350. The molecule has 11 heteroatoms. The first-order valence-corrected chi connectivity index (χ1v) is 10.5. The molecule has 1 amide bonds. The Morgan fingerprint density at radius 1 is 1.32 bits per heavy atom. The molecule has 164 valence electrons.